The van der Waals surface area contributed by atoms with Gasteiger partial charge in [0.15, 0.2) is 0 Å². The fourth-order valence-corrected chi connectivity index (χ4v) is 4.25. The van der Waals surface area contributed by atoms with Crippen molar-refractivity contribution >= 4 is 11.9 Å². The minimum atomic E-state index is -0.405. The van der Waals surface area contributed by atoms with Crippen molar-refractivity contribution in [1.82, 2.24) is 0 Å². The average molecular weight is 475 g/mol. The van der Waals surface area contributed by atoms with Crippen LogP contribution in [0.3, 0.4) is 0 Å². The molecule has 4 nitrogen and oxygen atoms in total. The molecule has 2 atom stereocenters. The van der Waals surface area contributed by atoms with Gasteiger partial charge in [-0.3, -0.25) is 0 Å². The summed E-state index contributed by atoms with van der Waals surface area (Å²) in [6, 6.07) is 6.95. The van der Waals surface area contributed by atoms with E-state index in [0.717, 1.165) is 77.0 Å². The van der Waals surface area contributed by atoms with Crippen molar-refractivity contribution in [2.45, 2.75) is 143 Å². The highest BCUT2D eigenvalue weighted by molar-refractivity contribution is 6.03. The zero-order valence-electron chi connectivity index (χ0n) is 22.4. The molecule has 0 saturated heterocycles. The first-order chi connectivity index (χ1) is 16.6. The normalized spacial score (nSPS) is 12.8. The molecule has 0 aliphatic rings. The molecule has 0 aliphatic heterocycles. The van der Waals surface area contributed by atoms with Gasteiger partial charge in [-0.2, -0.15) is 0 Å². The first kappa shape index (κ1) is 30.2. The van der Waals surface area contributed by atoms with Crippen LogP contribution in [-0.4, -0.2) is 24.1 Å². The molecule has 0 fully saturated rings. The molecule has 0 amide bonds. The lowest BCUT2D eigenvalue weighted by atomic mass is 10.0. The highest BCUT2D eigenvalue weighted by Crippen LogP contribution is 2.21. The maximum Gasteiger partial charge on any atom is 0.339 e. The maximum atomic E-state index is 13.1. The van der Waals surface area contributed by atoms with E-state index >= 15 is 0 Å². The van der Waals surface area contributed by atoms with Gasteiger partial charge in [0.05, 0.1) is 11.1 Å². The summed E-state index contributed by atoms with van der Waals surface area (Å²) < 4.78 is 11.8. The Labute approximate surface area is 209 Å². The summed E-state index contributed by atoms with van der Waals surface area (Å²) in [6.45, 7) is 8.70. The van der Waals surface area contributed by atoms with Gasteiger partial charge in [0.1, 0.15) is 12.2 Å². The third kappa shape index (κ3) is 12.6. The predicted octanol–water partition coefficient (Wildman–Crippen LogP) is 9.06. The molecule has 0 aliphatic carbocycles. The Morgan fingerprint density at radius 2 is 0.912 bits per heavy atom. The summed E-state index contributed by atoms with van der Waals surface area (Å²) >= 11 is 0. The quantitative estimate of drug-likeness (QED) is 0.140. The Kier molecular flexibility index (Phi) is 17.3. The molecule has 2 unspecified atom stereocenters. The van der Waals surface area contributed by atoms with E-state index in [1.165, 1.54) is 25.7 Å². The Morgan fingerprint density at radius 3 is 1.26 bits per heavy atom. The molecule has 0 N–H and O–H groups in total. The van der Waals surface area contributed by atoms with Crippen molar-refractivity contribution in [1.29, 1.82) is 0 Å². The lowest BCUT2D eigenvalue weighted by Gasteiger charge is -2.20. The van der Waals surface area contributed by atoms with Crippen molar-refractivity contribution < 1.29 is 19.1 Å². The van der Waals surface area contributed by atoms with Gasteiger partial charge < -0.3 is 9.47 Å². The van der Waals surface area contributed by atoms with Gasteiger partial charge in [-0.25, -0.2) is 9.59 Å². The molecule has 0 bridgehead atoms. The van der Waals surface area contributed by atoms with Gasteiger partial charge in [-0.05, 0) is 50.7 Å². The van der Waals surface area contributed by atoms with Gasteiger partial charge >= 0.3 is 11.9 Å². The van der Waals surface area contributed by atoms with E-state index in [-0.39, 0.29) is 12.2 Å². The van der Waals surface area contributed by atoms with Gasteiger partial charge in [-0.1, -0.05) is 104 Å². The van der Waals surface area contributed by atoms with Gasteiger partial charge in [0.25, 0.3) is 0 Å². The summed E-state index contributed by atoms with van der Waals surface area (Å²) in [4.78, 5) is 26.2. The fourth-order valence-electron chi connectivity index (χ4n) is 4.25. The summed E-state index contributed by atoms with van der Waals surface area (Å²) in [5.74, 6) is -0.811. The lowest BCUT2D eigenvalue weighted by Crippen LogP contribution is -2.23. The molecule has 1 rings (SSSR count). The zero-order valence-corrected chi connectivity index (χ0v) is 22.4. The summed E-state index contributed by atoms with van der Waals surface area (Å²) in [5, 5.41) is 0. The van der Waals surface area contributed by atoms with E-state index in [1.54, 1.807) is 24.3 Å². The number of unbranched alkanes of at least 4 members (excludes halogenated alkanes) is 8. The topological polar surface area (TPSA) is 52.6 Å². The number of ether oxygens (including phenoxy) is 2. The SMILES string of the molecule is CCCCCCC(CCCC)OC(=O)c1ccccc1C(=O)OC(CCCC)CCCCCC. The number of carbonyl (C=O) groups excluding carboxylic acids is 2. The second kappa shape index (κ2) is 19.5. The van der Waals surface area contributed by atoms with E-state index < -0.39 is 11.9 Å². The molecule has 1 aromatic rings. The molecule has 0 heterocycles. The monoisotopic (exact) mass is 474 g/mol. The molecule has 34 heavy (non-hydrogen) atoms. The number of hydrogen-bond acceptors (Lipinski definition) is 4. The Bertz CT molecular complexity index is 613. The van der Waals surface area contributed by atoms with Crippen LogP contribution in [-0.2, 0) is 9.47 Å². The molecule has 1 aromatic carbocycles. The molecule has 194 valence electrons. The summed E-state index contributed by atoms with van der Waals surface area (Å²) in [7, 11) is 0. The minimum absolute atomic E-state index is 0.0933. The Hall–Kier alpha value is -1.84. The Morgan fingerprint density at radius 1 is 0.559 bits per heavy atom. The first-order valence-electron chi connectivity index (χ1n) is 14.1. The smallest absolute Gasteiger partial charge is 0.339 e. The van der Waals surface area contributed by atoms with Crippen LogP contribution in [0, 0.1) is 0 Å². The van der Waals surface area contributed by atoms with Crippen LogP contribution in [0.4, 0.5) is 0 Å². The summed E-state index contributed by atoms with van der Waals surface area (Å²) in [6.07, 6.45) is 16.8. The van der Waals surface area contributed by atoms with Gasteiger partial charge in [-0.15, -0.1) is 0 Å². The predicted molar refractivity (Wildman–Crippen MR) is 141 cm³/mol. The van der Waals surface area contributed by atoms with Crippen LogP contribution in [0.5, 0.6) is 0 Å². The number of esters is 2. The van der Waals surface area contributed by atoms with Crippen molar-refractivity contribution in [3.05, 3.63) is 35.4 Å². The highest BCUT2D eigenvalue weighted by atomic mass is 16.5. The lowest BCUT2D eigenvalue weighted by molar-refractivity contribution is 0.0202. The van der Waals surface area contributed by atoms with E-state index in [2.05, 4.69) is 27.7 Å². The molecule has 4 heteroatoms. The average Bonchev–Trinajstić information content (AvgIpc) is 2.85. The zero-order chi connectivity index (χ0) is 25.0. The Balaban J connectivity index is 2.84. The molecular weight excluding hydrogens is 424 g/mol. The standard InChI is InChI=1S/C30H50O4/c1-5-9-13-15-21-25(19-11-7-3)33-29(31)27-23-17-18-24-28(27)30(32)34-26(20-12-8-4)22-16-14-10-6-2/h17-18,23-26H,5-16,19-22H2,1-4H3. The number of benzene rings is 1. The van der Waals surface area contributed by atoms with Crippen LogP contribution >= 0.6 is 0 Å². The van der Waals surface area contributed by atoms with E-state index in [9.17, 15) is 9.59 Å². The maximum absolute atomic E-state index is 13.1. The highest BCUT2D eigenvalue weighted by Gasteiger charge is 2.24. The van der Waals surface area contributed by atoms with Crippen LogP contribution < -0.4 is 0 Å². The minimum Gasteiger partial charge on any atom is -0.459 e. The largest absolute Gasteiger partial charge is 0.459 e. The third-order valence-electron chi connectivity index (χ3n) is 6.43. The van der Waals surface area contributed by atoms with E-state index in [0.29, 0.717) is 11.1 Å². The van der Waals surface area contributed by atoms with Crippen molar-refractivity contribution in [3.63, 3.8) is 0 Å². The van der Waals surface area contributed by atoms with Crippen LogP contribution in [0.2, 0.25) is 0 Å². The number of rotatable bonds is 20. The van der Waals surface area contributed by atoms with E-state index in [1.807, 2.05) is 0 Å². The molecular formula is C30H50O4. The number of hydrogen-bond donors (Lipinski definition) is 0. The van der Waals surface area contributed by atoms with Crippen LogP contribution in [0.15, 0.2) is 24.3 Å². The third-order valence-corrected chi connectivity index (χ3v) is 6.43. The van der Waals surface area contributed by atoms with Gasteiger partial charge in [0, 0.05) is 0 Å². The van der Waals surface area contributed by atoms with Crippen LogP contribution in [0.25, 0.3) is 0 Å². The molecule has 0 spiro atoms. The fraction of sp³-hybridized carbons (Fsp3) is 0.733. The second-order valence-electron chi connectivity index (χ2n) is 9.58. The molecule has 0 saturated carbocycles. The van der Waals surface area contributed by atoms with Gasteiger partial charge in [0.2, 0.25) is 0 Å². The second-order valence-corrected chi connectivity index (χ2v) is 9.58. The first-order valence-corrected chi connectivity index (χ1v) is 14.1. The molecule has 0 radical (unpaired) electrons. The van der Waals surface area contributed by atoms with Crippen molar-refractivity contribution in [3.8, 4) is 0 Å². The van der Waals surface area contributed by atoms with Crippen LogP contribution in [0.1, 0.15) is 151 Å². The van der Waals surface area contributed by atoms with Crippen molar-refractivity contribution in [2.75, 3.05) is 0 Å². The number of carbonyl (C=O) groups is 2. The summed E-state index contributed by atoms with van der Waals surface area (Å²) in [5.41, 5.74) is 0.644. The van der Waals surface area contributed by atoms with E-state index in [4.69, 9.17) is 9.47 Å². The molecule has 0 aromatic heterocycles. The van der Waals surface area contributed by atoms with Crippen molar-refractivity contribution in [2.24, 2.45) is 0 Å².